The summed E-state index contributed by atoms with van der Waals surface area (Å²) in [5.74, 6) is 1.31. The maximum Gasteiger partial charge on any atom is 0.170 e. The smallest absolute Gasteiger partial charge is 0.170 e. The average Bonchev–Trinajstić information content (AvgIpc) is 2.55. The van der Waals surface area contributed by atoms with Crippen LogP contribution in [-0.2, 0) is 0 Å². The molecule has 0 aliphatic carbocycles. The van der Waals surface area contributed by atoms with Gasteiger partial charge in [-0.25, -0.2) is 4.98 Å². The van der Waals surface area contributed by atoms with E-state index in [2.05, 4.69) is 24.9 Å². The monoisotopic (exact) mass is 202 g/mol. The molecule has 2 aromatic heterocycles. The summed E-state index contributed by atoms with van der Waals surface area (Å²) in [5, 5.41) is 0. The molecular formula is C12H14N2O. The van der Waals surface area contributed by atoms with E-state index >= 15 is 0 Å². The first kappa shape index (κ1) is 9.90. The SMILES string of the molecule is Cc1nc(C=O)c2cc(C(C)C)ccn12. The minimum atomic E-state index is 0.463. The van der Waals surface area contributed by atoms with Crippen molar-refractivity contribution in [1.82, 2.24) is 9.38 Å². The summed E-state index contributed by atoms with van der Waals surface area (Å²) >= 11 is 0. The summed E-state index contributed by atoms with van der Waals surface area (Å²) in [6, 6.07) is 4.11. The van der Waals surface area contributed by atoms with Crippen LogP contribution >= 0.6 is 0 Å². The first-order valence-corrected chi connectivity index (χ1v) is 5.07. The van der Waals surface area contributed by atoms with Gasteiger partial charge in [-0.1, -0.05) is 13.8 Å². The molecule has 0 aliphatic heterocycles. The quantitative estimate of drug-likeness (QED) is 0.701. The Hall–Kier alpha value is -1.64. The van der Waals surface area contributed by atoms with Gasteiger partial charge in [0.25, 0.3) is 0 Å². The zero-order chi connectivity index (χ0) is 11.0. The van der Waals surface area contributed by atoms with Gasteiger partial charge in [0.15, 0.2) is 6.29 Å². The van der Waals surface area contributed by atoms with Crippen LogP contribution in [0.15, 0.2) is 18.3 Å². The highest BCUT2D eigenvalue weighted by Gasteiger charge is 2.08. The highest BCUT2D eigenvalue weighted by atomic mass is 16.1. The molecule has 2 rings (SSSR count). The van der Waals surface area contributed by atoms with Crippen LogP contribution in [0.2, 0.25) is 0 Å². The van der Waals surface area contributed by atoms with Crippen LogP contribution < -0.4 is 0 Å². The number of imidazole rings is 1. The van der Waals surface area contributed by atoms with Crippen LogP contribution in [0.25, 0.3) is 5.52 Å². The number of aromatic nitrogens is 2. The molecule has 2 aromatic rings. The van der Waals surface area contributed by atoms with E-state index < -0.39 is 0 Å². The Morgan fingerprint density at radius 3 is 2.80 bits per heavy atom. The Bertz CT molecular complexity index is 512. The first-order chi connectivity index (χ1) is 7.13. The van der Waals surface area contributed by atoms with E-state index in [1.165, 1.54) is 5.56 Å². The van der Waals surface area contributed by atoms with Crippen LogP contribution in [0, 0.1) is 6.92 Å². The van der Waals surface area contributed by atoms with Crippen LogP contribution in [0.1, 0.15) is 41.6 Å². The second kappa shape index (κ2) is 3.50. The molecule has 15 heavy (non-hydrogen) atoms. The van der Waals surface area contributed by atoms with E-state index in [4.69, 9.17) is 0 Å². The Morgan fingerprint density at radius 2 is 2.20 bits per heavy atom. The summed E-state index contributed by atoms with van der Waals surface area (Å²) in [4.78, 5) is 15.0. The van der Waals surface area contributed by atoms with Crippen molar-refractivity contribution in [2.45, 2.75) is 26.7 Å². The van der Waals surface area contributed by atoms with Crippen molar-refractivity contribution in [1.29, 1.82) is 0 Å². The Morgan fingerprint density at radius 1 is 1.47 bits per heavy atom. The number of hydrogen-bond donors (Lipinski definition) is 0. The maximum atomic E-state index is 10.8. The third-order valence-corrected chi connectivity index (χ3v) is 2.65. The second-order valence-electron chi connectivity index (χ2n) is 4.03. The molecule has 0 aromatic carbocycles. The molecule has 0 amide bonds. The largest absolute Gasteiger partial charge is 0.303 e. The Kier molecular flexibility index (Phi) is 2.31. The van der Waals surface area contributed by atoms with E-state index in [-0.39, 0.29) is 0 Å². The number of carbonyl (C=O) groups excluding carboxylic acids is 1. The van der Waals surface area contributed by atoms with Crippen LogP contribution in [0.5, 0.6) is 0 Å². The molecule has 78 valence electrons. The number of fused-ring (bicyclic) bond motifs is 1. The number of hydrogen-bond acceptors (Lipinski definition) is 2. The molecule has 3 heteroatoms. The number of carbonyl (C=O) groups is 1. The highest BCUT2D eigenvalue weighted by Crippen LogP contribution is 2.19. The molecule has 0 spiro atoms. The number of nitrogens with zero attached hydrogens (tertiary/aromatic N) is 2. The molecule has 0 N–H and O–H groups in total. The topological polar surface area (TPSA) is 34.4 Å². The highest BCUT2D eigenvalue weighted by molar-refractivity contribution is 5.84. The van der Waals surface area contributed by atoms with Crippen molar-refractivity contribution in [2.75, 3.05) is 0 Å². The van der Waals surface area contributed by atoms with Gasteiger partial charge in [0.05, 0.1) is 5.52 Å². The maximum absolute atomic E-state index is 10.8. The van der Waals surface area contributed by atoms with Gasteiger partial charge >= 0.3 is 0 Å². The summed E-state index contributed by atoms with van der Waals surface area (Å²) in [6.07, 6.45) is 2.78. The average molecular weight is 202 g/mol. The van der Waals surface area contributed by atoms with Gasteiger partial charge in [-0.3, -0.25) is 4.79 Å². The van der Waals surface area contributed by atoms with Crippen molar-refractivity contribution < 1.29 is 4.79 Å². The summed E-state index contributed by atoms with van der Waals surface area (Å²) < 4.78 is 1.94. The third kappa shape index (κ3) is 1.54. The van der Waals surface area contributed by atoms with E-state index in [0.717, 1.165) is 17.6 Å². The fraction of sp³-hybridized carbons (Fsp3) is 0.333. The molecule has 0 bridgehead atoms. The predicted molar refractivity (Wildman–Crippen MR) is 59.4 cm³/mol. The number of aryl methyl sites for hydroxylation is 1. The zero-order valence-corrected chi connectivity index (χ0v) is 9.19. The Balaban J connectivity index is 2.73. The van der Waals surface area contributed by atoms with Crippen molar-refractivity contribution in [3.63, 3.8) is 0 Å². The minimum absolute atomic E-state index is 0.463. The van der Waals surface area contributed by atoms with Crippen LogP contribution in [-0.4, -0.2) is 15.7 Å². The van der Waals surface area contributed by atoms with E-state index in [1.54, 1.807) is 0 Å². The lowest BCUT2D eigenvalue weighted by atomic mass is 10.0. The van der Waals surface area contributed by atoms with Gasteiger partial charge in [0.2, 0.25) is 0 Å². The van der Waals surface area contributed by atoms with Crippen molar-refractivity contribution in [3.8, 4) is 0 Å². The van der Waals surface area contributed by atoms with Crippen molar-refractivity contribution in [3.05, 3.63) is 35.4 Å². The molecule has 0 unspecified atom stereocenters. The number of aldehydes is 1. The van der Waals surface area contributed by atoms with Crippen LogP contribution in [0.4, 0.5) is 0 Å². The molecular weight excluding hydrogens is 188 g/mol. The summed E-state index contributed by atoms with van der Waals surface area (Å²) in [6.45, 7) is 6.17. The van der Waals surface area contributed by atoms with Gasteiger partial charge in [0, 0.05) is 6.20 Å². The van der Waals surface area contributed by atoms with E-state index in [0.29, 0.717) is 11.6 Å². The predicted octanol–water partition coefficient (Wildman–Crippen LogP) is 2.58. The molecule has 0 aliphatic rings. The molecule has 0 fully saturated rings. The normalized spacial score (nSPS) is 11.2. The lowest BCUT2D eigenvalue weighted by molar-refractivity contribution is 0.112. The standard InChI is InChI=1S/C12H14N2O/c1-8(2)10-4-5-14-9(3)13-11(7-15)12(14)6-10/h4-8H,1-3H3. The molecule has 0 radical (unpaired) electrons. The van der Waals surface area contributed by atoms with Gasteiger partial charge in [-0.2, -0.15) is 0 Å². The van der Waals surface area contributed by atoms with Crippen molar-refractivity contribution in [2.24, 2.45) is 0 Å². The second-order valence-corrected chi connectivity index (χ2v) is 4.03. The fourth-order valence-electron chi connectivity index (χ4n) is 1.73. The lowest BCUT2D eigenvalue weighted by Gasteiger charge is -2.05. The lowest BCUT2D eigenvalue weighted by Crippen LogP contribution is -1.92. The first-order valence-electron chi connectivity index (χ1n) is 5.07. The number of rotatable bonds is 2. The molecule has 0 saturated heterocycles. The van der Waals surface area contributed by atoms with Gasteiger partial charge < -0.3 is 4.40 Å². The minimum Gasteiger partial charge on any atom is -0.303 e. The molecule has 0 saturated carbocycles. The molecule has 2 heterocycles. The third-order valence-electron chi connectivity index (χ3n) is 2.65. The van der Waals surface area contributed by atoms with E-state index in [1.807, 2.05) is 23.6 Å². The molecule has 0 atom stereocenters. The summed E-state index contributed by atoms with van der Waals surface area (Å²) in [7, 11) is 0. The van der Waals surface area contributed by atoms with Crippen molar-refractivity contribution >= 4 is 11.8 Å². The Labute approximate surface area is 88.8 Å². The van der Waals surface area contributed by atoms with Gasteiger partial charge in [-0.05, 0) is 30.5 Å². The van der Waals surface area contributed by atoms with Gasteiger partial charge in [-0.15, -0.1) is 0 Å². The number of pyridine rings is 1. The fourth-order valence-corrected chi connectivity index (χ4v) is 1.73. The van der Waals surface area contributed by atoms with E-state index in [9.17, 15) is 4.79 Å². The molecule has 3 nitrogen and oxygen atoms in total. The van der Waals surface area contributed by atoms with Gasteiger partial charge in [0.1, 0.15) is 11.5 Å². The van der Waals surface area contributed by atoms with Crippen LogP contribution in [0.3, 0.4) is 0 Å². The summed E-state index contributed by atoms with van der Waals surface area (Å²) in [5.41, 5.74) is 2.65. The zero-order valence-electron chi connectivity index (χ0n) is 9.19.